The Hall–Kier alpha value is -6.88. The summed E-state index contributed by atoms with van der Waals surface area (Å²) < 4.78 is 14.0. The lowest BCUT2D eigenvalue weighted by Crippen LogP contribution is -1.93. The van der Waals surface area contributed by atoms with E-state index in [4.69, 9.17) is 4.42 Å². The van der Waals surface area contributed by atoms with Crippen molar-refractivity contribution in [2.45, 2.75) is 0 Å². The molecule has 12 rings (SSSR count). The monoisotopic (exact) mass is 706 g/mol. The van der Waals surface area contributed by atoms with Crippen LogP contribution < -0.4 is 0 Å². The van der Waals surface area contributed by atoms with Crippen molar-refractivity contribution < 1.29 is 4.42 Å². The van der Waals surface area contributed by atoms with Crippen LogP contribution in [0, 0.1) is 0 Å². The number of benzene rings is 8. The first-order chi connectivity index (χ1) is 26.8. The number of hydrogen-bond donors (Lipinski definition) is 0. The number of furan rings is 1. The predicted molar refractivity (Wildman–Crippen MR) is 229 cm³/mol. The van der Waals surface area contributed by atoms with Crippen molar-refractivity contribution in [1.29, 1.82) is 0 Å². The van der Waals surface area contributed by atoms with Crippen molar-refractivity contribution in [1.82, 2.24) is 9.13 Å². The smallest absolute Gasteiger partial charge is 0.213 e. The lowest BCUT2D eigenvalue weighted by Gasteiger charge is -2.10. The van der Waals surface area contributed by atoms with Crippen LogP contribution in [0.2, 0.25) is 0 Å². The quantitative estimate of drug-likeness (QED) is 0.179. The van der Waals surface area contributed by atoms with Crippen LogP contribution in [0.1, 0.15) is 0 Å². The number of para-hydroxylation sites is 3. The Morgan fingerprint density at radius 2 is 1.04 bits per heavy atom. The van der Waals surface area contributed by atoms with E-state index in [0.717, 1.165) is 50.1 Å². The Kier molecular flexibility index (Phi) is 6.21. The number of thiophene rings is 1. The molecule has 4 aromatic heterocycles. The Bertz CT molecular complexity index is 3430. The lowest BCUT2D eigenvalue weighted by molar-refractivity contribution is 0.645. The average molecular weight is 707 g/mol. The van der Waals surface area contributed by atoms with Crippen LogP contribution in [0.5, 0.6) is 0 Å². The first-order valence-electron chi connectivity index (χ1n) is 18.3. The third-order valence-electron chi connectivity index (χ3n) is 11.1. The summed E-state index contributed by atoms with van der Waals surface area (Å²) in [4.78, 5) is 0. The summed E-state index contributed by atoms with van der Waals surface area (Å²) in [5, 5.41) is 8.64. The number of hydrogen-bond acceptors (Lipinski definition) is 2. The highest BCUT2D eigenvalue weighted by Gasteiger charge is 2.20. The van der Waals surface area contributed by atoms with E-state index in [1.807, 2.05) is 11.3 Å². The molecular weight excluding hydrogens is 677 g/mol. The van der Waals surface area contributed by atoms with Crippen molar-refractivity contribution in [3.63, 3.8) is 0 Å². The summed E-state index contributed by atoms with van der Waals surface area (Å²) in [7, 11) is 0. The van der Waals surface area contributed by atoms with Gasteiger partial charge >= 0.3 is 0 Å². The molecule has 3 nitrogen and oxygen atoms in total. The Labute approximate surface area is 314 Å². The number of nitrogens with zero attached hydrogens (tertiary/aromatic N) is 2. The van der Waals surface area contributed by atoms with Gasteiger partial charge in [0, 0.05) is 53.1 Å². The third kappa shape index (κ3) is 4.23. The Balaban J connectivity index is 0.960. The molecule has 54 heavy (non-hydrogen) atoms. The number of fused-ring (bicyclic) bond motifs is 11. The fraction of sp³-hybridized carbons (Fsp3) is 0. The van der Waals surface area contributed by atoms with Gasteiger partial charge < -0.3 is 8.98 Å². The second-order valence-corrected chi connectivity index (χ2v) is 15.1. The molecule has 8 aromatic carbocycles. The summed E-state index contributed by atoms with van der Waals surface area (Å²) in [5.74, 6) is 0. The fourth-order valence-corrected chi connectivity index (χ4v) is 9.94. The second-order valence-electron chi connectivity index (χ2n) is 14.1. The molecule has 0 radical (unpaired) electrons. The largest absolute Gasteiger partial charge is 0.439 e. The molecule has 0 saturated heterocycles. The van der Waals surface area contributed by atoms with Crippen molar-refractivity contribution in [3.05, 3.63) is 182 Å². The SMILES string of the molecule is c1ccc(-n2c3ccccc3c3c4ccc(-c5ccc(-n6c7ccccc7c7cc(-c8cccc9c8sc8ccccc89)ccc76)cc5)cc4oc32)cc1. The van der Waals surface area contributed by atoms with Gasteiger partial charge in [-0.1, -0.05) is 115 Å². The van der Waals surface area contributed by atoms with Gasteiger partial charge in [-0.25, -0.2) is 0 Å². The standard InChI is InChI=1S/C50H30N2OS/c1-2-11-34(12-3-1)52-44-19-8-5-15-40(44)48-41-27-23-32(30-46(41)53-50(48)52)31-21-25-35(26-22-31)51-43-18-7-4-13-37(43)42-29-33(24-28-45(42)51)36-16-10-17-39-38-14-6-9-20-47(38)54-49(36)39/h1-30H. The van der Waals surface area contributed by atoms with E-state index in [1.54, 1.807) is 0 Å². The fourth-order valence-electron chi connectivity index (χ4n) is 8.70. The molecule has 4 heteroatoms. The van der Waals surface area contributed by atoms with E-state index in [9.17, 15) is 0 Å². The van der Waals surface area contributed by atoms with E-state index in [2.05, 4.69) is 191 Å². The maximum absolute atomic E-state index is 6.70. The highest BCUT2D eigenvalue weighted by molar-refractivity contribution is 7.26. The average Bonchev–Trinajstić information content (AvgIpc) is 3.98. The summed E-state index contributed by atoms with van der Waals surface area (Å²) in [5.41, 5.74) is 12.3. The maximum atomic E-state index is 6.70. The van der Waals surface area contributed by atoms with E-state index in [-0.39, 0.29) is 0 Å². The summed E-state index contributed by atoms with van der Waals surface area (Å²) in [6.45, 7) is 0. The lowest BCUT2D eigenvalue weighted by atomic mass is 10.0. The first-order valence-corrected chi connectivity index (χ1v) is 19.2. The minimum atomic E-state index is 0.875. The zero-order valence-corrected chi connectivity index (χ0v) is 29.8. The molecule has 0 amide bonds. The number of rotatable bonds is 4. The zero-order valence-electron chi connectivity index (χ0n) is 29.0. The van der Waals surface area contributed by atoms with Crippen molar-refractivity contribution >= 4 is 86.3 Å². The van der Waals surface area contributed by atoms with Gasteiger partial charge in [-0.15, -0.1) is 11.3 Å². The molecule has 252 valence electrons. The van der Waals surface area contributed by atoms with Crippen LogP contribution in [0.4, 0.5) is 0 Å². The Morgan fingerprint density at radius 1 is 0.389 bits per heavy atom. The van der Waals surface area contributed by atoms with Crippen LogP contribution >= 0.6 is 11.3 Å². The minimum Gasteiger partial charge on any atom is -0.439 e. The predicted octanol–water partition coefficient (Wildman–Crippen LogP) is 14.3. The van der Waals surface area contributed by atoms with E-state index in [0.29, 0.717) is 0 Å². The molecule has 0 fully saturated rings. The van der Waals surface area contributed by atoms with Crippen molar-refractivity contribution in [2.75, 3.05) is 0 Å². The number of aromatic nitrogens is 2. The molecular formula is C50H30N2OS. The molecule has 12 aromatic rings. The highest BCUT2D eigenvalue weighted by Crippen LogP contribution is 2.43. The summed E-state index contributed by atoms with van der Waals surface area (Å²) in [6, 6.07) is 65.8. The molecule has 0 N–H and O–H groups in total. The van der Waals surface area contributed by atoms with Gasteiger partial charge in [0.25, 0.3) is 0 Å². The van der Waals surface area contributed by atoms with Crippen LogP contribution in [-0.2, 0) is 0 Å². The van der Waals surface area contributed by atoms with E-state index in [1.165, 1.54) is 58.5 Å². The molecule has 4 heterocycles. The van der Waals surface area contributed by atoms with Gasteiger partial charge in [0.15, 0.2) is 0 Å². The van der Waals surface area contributed by atoms with E-state index >= 15 is 0 Å². The topological polar surface area (TPSA) is 23.0 Å². The zero-order chi connectivity index (χ0) is 35.3. The highest BCUT2D eigenvalue weighted by atomic mass is 32.1. The summed E-state index contributed by atoms with van der Waals surface area (Å²) in [6.07, 6.45) is 0. The minimum absolute atomic E-state index is 0.875. The van der Waals surface area contributed by atoms with Gasteiger partial charge in [0.2, 0.25) is 5.71 Å². The third-order valence-corrected chi connectivity index (χ3v) is 12.4. The van der Waals surface area contributed by atoms with Crippen LogP contribution in [0.25, 0.3) is 109 Å². The molecule has 0 bridgehead atoms. The molecule has 0 aliphatic carbocycles. The maximum Gasteiger partial charge on any atom is 0.213 e. The summed E-state index contributed by atoms with van der Waals surface area (Å²) >= 11 is 1.88. The molecule has 0 aliphatic rings. The van der Waals surface area contributed by atoms with Crippen molar-refractivity contribution in [2.24, 2.45) is 0 Å². The van der Waals surface area contributed by atoms with Gasteiger partial charge in [-0.05, 0) is 89.0 Å². The van der Waals surface area contributed by atoms with Gasteiger partial charge in [-0.3, -0.25) is 4.57 Å². The van der Waals surface area contributed by atoms with Crippen LogP contribution in [-0.4, -0.2) is 9.13 Å². The molecule has 0 aliphatic heterocycles. The van der Waals surface area contributed by atoms with Gasteiger partial charge in [0.1, 0.15) is 5.58 Å². The van der Waals surface area contributed by atoms with Gasteiger partial charge in [-0.2, -0.15) is 0 Å². The van der Waals surface area contributed by atoms with Crippen LogP contribution in [0.15, 0.2) is 186 Å². The molecule has 0 atom stereocenters. The normalized spacial score (nSPS) is 12.1. The van der Waals surface area contributed by atoms with Crippen LogP contribution in [0.3, 0.4) is 0 Å². The van der Waals surface area contributed by atoms with Crippen molar-refractivity contribution in [3.8, 4) is 33.6 Å². The molecule has 0 spiro atoms. The second kappa shape index (κ2) is 11.3. The van der Waals surface area contributed by atoms with E-state index < -0.39 is 0 Å². The Morgan fingerprint density at radius 3 is 1.89 bits per heavy atom. The first kappa shape index (κ1) is 29.7. The van der Waals surface area contributed by atoms with Gasteiger partial charge in [0.05, 0.1) is 21.9 Å². The molecule has 0 unspecified atom stereocenters. The molecule has 0 saturated carbocycles.